The fourth-order valence-corrected chi connectivity index (χ4v) is 2.80. The molecule has 122 valence electrons. The zero-order valence-corrected chi connectivity index (χ0v) is 13.0. The van der Waals surface area contributed by atoms with Crippen molar-refractivity contribution in [2.24, 2.45) is 0 Å². The molecule has 1 aliphatic rings. The van der Waals surface area contributed by atoms with Gasteiger partial charge in [-0.3, -0.25) is 4.90 Å². The van der Waals surface area contributed by atoms with Crippen molar-refractivity contribution in [2.45, 2.75) is 38.3 Å². The molecule has 5 nitrogen and oxygen atoms in total. The summed E-state index contributed by atoms with van der Waals surface area (Å²) in [5, 5.41) is 12.0. The van der Waals surface area contributed by atoms with Crippen molar-refractivity contribution in [3.63, 3.8) is 0 Å². The van der Waals surface area contributed by atoms with Crippen LogP contribution in [0.5, 0.6) is 0 Å². The molecule has 1 unspecified atom stereocenters. The highest BCUT2D eigenvalue weighted by atomic mass is 16.5. The lowest BCUT2D eigenvalue weighted by Gasteiger charge is -2.22. The van der Waals surface area contributed by atoms with Gasteiger partial charge in [-0.05, 0) is 44.3 Å². The Morgan fingerprint density at radius 2 is 2.14 bits per heavy atom. The first-order valence-electron chi connectivity index (χ1n) is 8.09. The van der Waals surface area contributed by atoms with Crippen LogP contribution >= 0.6 is 0 Å². The van der Waals surface area contributed by atoms with Crippen molar-refractivity contribution < 1.29 is 14.6 Å². The van der Waals surface area contributed by atoms with Crippen molar-refractivity contribution in [3.05, 3.63) is 35.9 Å². The summed E-state index contributed by atoms with van der Waals surface area (Å²) in [6.07, 6.45) is 3.86. The quantitative estimate of drug-likeness (QED) is 0.723. The summed E-state index contributed by atoms with van der Waals surface area (Å²) in [4.78, 5) is 13.9. The first-order valence-corrected chi connectivity index (χ1v) is 8.09. The Morgan fingerprint density at radius 3 is 2.91 bits per heavy atom. The first-order chi connectivity index (χ1) is 10.8. The van der Waals surface area contributed by atoms with Gasteiger partial charge >= 0.3 is 6.09 Å². The molecule has 2 rings (SSSR count). The third-order valence-corrected chi connectivity index (χ3v) is 4.06. The summed E-state index contributed by atoms with van der Waals surface area (Å²) in [5.41, 5.74) is 0.988. The van der Waals surface area contributed by atoms with E-state index in [9.17, 15) is 9.90 Å². The van der Waals surface area contributed by atoms with Crippen molar-refractivity contribution in [1.29, 1.82) is 0 Å². The SMILES string of the molecule is O=C(NCCCCN1CCCC1CO)OCc1ccccc1. The largest absolute Gasteiger partial charge is 0.445 e. The van der Waals surface area contributed by atoms with Gasteiger partial charge in [0.15, 0.2) is 0 Å². The summed E-state index contributed by atoms with van der Waals surface area (Å²) < 4.78 is 5.15. The Balaban J connectivity index is 1.50. The van der Waals surface area contributed by atoms with Gasteiger partial charge in [0.05, 0.1) is 6.61 Å². The fourth-order valence-electron chi connectivity index (χ4n) is 2.80. The molecule has 0 aliphatic carbocycles. The highest BCUT2D eigenvalue weighted by Crippen LogP contribution is 2.16. The number of aliphatic hydroxyl groups is 1. The smallest absolute Gasteiger partial charge is 0.407 e. The average Bonchev–Trinajstić information content (AvgIpc) is 3.01. The minimum Gasteiger partial charge on any atom is -0.445 e. The topological polar surface area (TPSA) is 61.8 Å². The number of hydrogen-bond acceptors (Lipinski definition) is 4. The monoisotopic (exact) mass is 306 g/mol. The van der Waals surface area contributed by atoms with E-state index in [0.717, 1.165) is 37.9 Å². The van der Waals surface area contributed by atoms with E-state index in [0.29, 0.717) is 19.2 Å². The molecule has 22 heavy (non-hydrogen) atoms. The Bertz CT molecular complexity index is 439. The maximum atomic E-state index is 11.6. The molecule has 2 N–H and O–H groups in total. The minimum absolute atomic E-state index is 0.254. The van der Waals surface area contributed by atoms with E-state index in [-0.39, 0.29) is 12.7 Å². The third-order valence-electron chi connectivity index (χ3n) is 4.06. The van der Waals surface area contributed by atoms with Crippen LogP contribution < -0.4 is 5.32 Å². The molecule has 1 heterocycles. The van der Waals surface area contributed by atoms with Gasteiger partial charge in [-0.2, -0.15) is 0 Å². The summed E-state index contributed by atoms with van der Waals surface area (Å²) in [6, 6.07) is 9.99. The number of likely N-dealkylation sites (tertiary alicyclic amines) is 1. The highest BCUT2D eigenvalue weighted by Gasteiger charge is 2.22. The lowest BCUT2D eigenvalue weighted by molar-refractivity contribution is 0.138. The average molecular weight is 306 g/mol. The van der Waals surface area contributed by atoms with Crippen molar-refractivity contribution in [1.82, 2.24) is 10.2 Å². The van der Waals surface area contributed by atoms with Crippen LogP contribution in [0.3, 0.4) is 0 Å². The third kappa shape index (κ3) is 5.66. The van der Waals surface area contributed by atoms with Crippen molar-refractivity contribution >= 4 is 6.09 Å². The van der Waals surface area contributed by atoms with E-state index in [1.54, 1.807) is 0 Å². The molecule has 0 spiro atoms. The summed E-state index contributed by atoms with van der Waals surface area (Å²) in [6.45, 7) is 3.26. The molecule has 1 saturated heterocycles. The standard InChI is InChI=1S/C17H26N2O3/c20-13-16-9-6-12-19(16)11-5-4-10-18-17(21)22-14-15-7-2-1-3-8-15/h1-3,7-8,16,20H,4-6,9-14H2,(H,18,21). The van der Waals surface area contributed by atoms with Gasteiger partial charge < -0.3 is 15.2 Å². The van der Waals surface area contributed by atoms with Crippen LogP contribution in [0.2, 0.25) is 0 Å². The number of hydrogen-bond donors (Lipinski definition) is 2. The molecule has 1 aliphatic heterocycles. The molecule has 1 aromatic carbocycles. The number of aliphatic hydroxyl groups excluding tert-OH is 1. The molecule has 1 amide bonds. The number of rotatable bonds is 8. The Labute approximate surface area is 132 Å². The molecule has 1 aromatic rings. The number of nitrogens with zero attached hydrogens (tertiary/aromatic N) is 1. The number of carbonyl (C=O) groups is 1. The predicted octanol–water partition coefficient (Wildman–Crippen LogP) is 2.15. The van der Waals surface area contributed by atoms with Gasteiger partial charge in [-0.25, -0.2) is 4.79 Å². The zero-order valence-electron chi connectivity index (χ0n) is 13.0. The predicted molar refractivity (Wildman–Crippen MR) is 85.5 cm³/mol. The first kappa shape index (κ1) is 16.8. The van der Waals surface area contributed by atoms with Gasteiger partial charge in [0, 0.05) is 12.6 Å². The molecule has 1 fully saturated rings. The number of amides is 1. The van der Waals surface area contributed by atoms with Crippen LogP contribution in [-0.4, -0.2) is 48.4 Å². The lowest BCUT2D eigenvalue weighted by Crippen LogP contribution is -2.33. The van der Waals surface area contributed by atoms with Crippen LogP contribution in [0.1, 0.15) is 31.2 Å². The molecule has 5 heteroatoms. The van der Waals surface area contributed by atoms with E-state index in [4.69, 9.17) is 4.74 Å². The number of ether oxygens (including phenoxy) is 1. The number of carbonyl (C=O) groups excluding carboxylic acids is 1. The van der Waals surface area contributed by atoms with Crippen LogP contribution in [0.25, 0.3) is 0 Å². The molecule has 0 saturated carbocycles. The van der Waals surface area contributed by atoms with E-state index in [2.05, 4.69) is 10.2 Å². The summed E-state index contributed by atoms with van der Waals surface area (Å²) in [7, 11) is 0. The molecule has 0 radical (unpaired) electrons. The molecular weight excluding hydrogens is 280 g/mol. The lowest BCUT2D eigenvalue weighted by atomic mass is 10.2. The van der Waals surface area contributed by atoms with E-state index in [1.807, 2.05) is 30.3 Å². The van der Waals surface area contributed by atoms with E-state index < -0.39 is 0 Å². The van der Waals surface area contributed by atoms with Crippen LogP contribution in [0.4, 0.5) is 4.79 Å². The molecular formula is C17H26N2O3. The van der Waals surface area contributed by atoms with Crippen LogP contribution in [-0.2, 0) is 11.3 Å². The van der Waals surface area contributed by atoms with Gasteiger partial charge in [0.2, 0.25) is 0 Å². The van der Waals surface area contributed by atoms with Gasteiger partial charge in [-0.15, -0.1) is 0 Å². The second-order valence-corrected chi connectivity index (χ2v) is 5.71. The Morgan fingerprint density at radius 1 is 1.32 bits per heavy atom. The van der Waals surface area contributed by atoms with Gasteiger partial charge in [0.25, 0.3) is 0 Å². The molecule has 1 atom stereocenters. The van der Waals surface area contributed by atoms with Crippen molar-refractivity contribution in [2.75, 3.05) is 26.2 Å². The minimum atomic E-state index is -0.363. The molecule has 0 bridgehead atoms. The Hall–Kier alpha value is -1.59. The van der Waals surface area contributed by atoms with Gasteiger partial charge in [0.1, 0.15) is 6.61 Å². The maximum Gasteiger partial charge on any atom is 0.407 e. The highest BCUT2D eigenvalue weighted by molar-refractivity contribution is 5.67. The summed E-state index contributed by atoms with van der Waals surface area (Å²) in [5.74, 6) is 0. The van der Waals surface area contributed by atoms with Crippen LogP contribution in [0.15, 0.2) is 30.3 Å². The number of nitrogens with one attached hydrogen (secondary N) is 1. The normalized spacial score (nSPS) is 18.3. The second kappa shape index (κ2) is 9.43. The zero-order chi connectivity index (χ0) is 15.6. The maximum absolute atomic E-state index is 11.6. The van der Waals surface area contributed by atoms with Crippen molar-refractivity contribution in [3.8, 4) is 0 Å². The Kier molecular flexibility index (Phi) is 7.19. The van der Waals surface area contributed by atoms with E-state index in [1.165, 1.54) is 6.42 Å². The second-order valence-electron chi connectivity index (χ2n) is 5.71. The number of unbranched alkanes of at least 4 members (excludes halogenated alkanes) is 1. The van der Waals surface area contributed by atoms with E-state index >= 15 is 0 Å². The molecule has 0 aromatic heterocycles. The fraction of sp³-hybridized carbons (Fsp3) is 0.588. The van der Waals surface area contributed by atoms with Crippen LogP contribution in [0, 0.1) is 0 Å². The number of benzene rings is 1. The van der Waals surface area contributed by atoms with Gasteiger partial charge in [-0.1, -0.05) is 30.3 Å². The number of alkyl carbamates (subject to hydrolysis) is 1. The summed E-state index contributed by atoms with van der Waals surface area (Å²) >= 11 is 0.